The molecule has 0 aromatic carbocycles. The van der Waals surface area contributed by atoms with Crippen LogP contribution >= 0.6 is 0 Å². The minimum Gasteiger partial charge on any atom is -0.382 e. The highest BCUT2D eigenvalue weighted by atomic mass is 15.1. The molecule has 1 aromatic rings. The Morgan fingerprint density at radius 1 is 1.69 bits per heavy atom. The third kappa shape index (κ3) is 1.24. The van der Waals surface area contributed by atoms with E-state index in [1.807, 2.05) is 13.1 Å². The molecule has 2 rings (SSSR count). The third-order valence-electron chi connectivity index (χ3n) is 2.37. The summed E-state index contributed by atoms with van der Waals surface area (Å²) in [4.78, 5) is 6.27. The van der Waals surface area contributed by atoms with Gasteiger partial charge >= 0.3 is 0 Å². The van der Waals surface area contributed by atoms with E-state index in [0.29, 0.717) is 5.69 Å². The minimum absolute atomic E-state index is 0.0392. The number of pyridine rings is 1. The van der Waals surface area contributed by atoms with Crippen molar-refractivity contribution >= 4 is 11.5 Å². The Morgan fingerprint density at radius 3 is 3.15 bits per heavy atom. The molecule has 0 radical (unpaired) electrons. The highest BCUT2D eigenvalue weighted by molar-refractivity contribution is 5.93. The lowest BCUT2D eigenvalue weighted by atomic mass is 10.2. The number of aromatic nitrogens is 1. The van der Waals surface area contributed by atoms with Crippen LogP contribution in [0.1, 0.15) is 11.3 Å². The summed E-state index contributed by atoms with van der Waals surface area (Å²) < 4.78 is 0. The smallest absolute Gasteiger partial charge is 0.141 e. The van der Waals surface area contributed by atoms with E-state index in [1.165, 1.54) is 5.56 Å². The van der Waals surface area contributed by atoms with Gasteiger partial charge in [-0.1, -0.05) is 0 Å². The van der Waals surface area contributed by atoms with E-state index in [4.69, 9.17) is 11.1 Å². The second-order valence-electron chi connectivity index (χ2n) is 3.28. The van der Waals surface area contributed by atoms with Gasteiger partial charge < -0.3 is 10.6 Å². The number of nitrogens with two attached hydrogens (primary N) is 1. The van der Waals surface area contributed by atoms with Crippen molar-refractivity contribution in [1.82, 2.24) is 4.98 Å². The summed E-state index contributed by atoms with van der Waals surface area (Å²) in [5.74, 6) is 0.0392. The predicted molar refractivity (Wildman–Crippen MR) is 52.2 cm³/mol. The molecule has 0 atom stereocenters. The fraction of sp³-hybridized carbons (Fsp3) is 0.333. The third-order valence-corrected chi connectivity index (χ3v) is 2.37. The van der Waals surface area contributed by atoms with Crippen LogP contribution in [0.15, 0.2) is 12.3 Å². The molecule has 1 aliphatic heterocycles. The van der Waals surface area contributed by atoms with Crippen LogP contribution in [-0.4, -0.2) is 24.4 Å². The number of hydrogen-bond acceptors (Lipinski definition) is 3. The lowest BCUT2D eigenvalue weighted by Gasteiger charge is -2.10. The van der Waals surface area contributed by atoms with Crippen molar-refractivity contribution in [3.8, 4) is 0 Å². The monoisotopic (exact) mass is 176 g/mol. The van der Waals surface area contributed by atoms with Gasteiger partial charge in [-0.3, -0.25) is 10.4 Å². The van der Waals surface area contributed by atoms with Gasteiger partial charge in [0.1, 0.15) is 11.5 Å². The highest BCUT2D eigenvalue weighted by Gasteiger charge is 2.16. The predicted octanol–water partition coefficient (Wildman–Crippen LogP) is 0.358. The maximum Gasteiger partial charge on any atom is 0.141 e. The molecule has 4 nitrogen and oxygen atoms in total. The Labute approximate surface area is 76.9 Å². The van der Waals surface area contributed by atoms with Crippen molar-refractivity contribution in [3.63, 3.8) is 0 Å². The van der Waals surface area contributed by atoms with E-state index in [-0.39, 0.29) is 5.84 Å². The van der Waals surface area contributed by atoms with Gasteiger partial charge in [0.2, 0.25) is 0 Å². The number of nitrogens with zero attached hydrogens (tertiary/aromatic N) is 2. The van der Waals surface area contributed by atoms with E-state index in [1.54, 1.807) is 6.20 Å². The molecule has 1 aliphatic rings. The average Bonchev–Trinajstić information content (AvgIpc) is 2.47. The van der Waals surface area contributed by atoms with Gasteiger partial charge in [-0.2, -0.15) is 0 Å². The Kier molecular flexibility index (Phi) is 1.69. The first-order valence-electron chi connectivity index (χ1n) is 4.23. The van der Waals surface area contributed by atoms with E-state index in [0.717, 1.165) is 18.7 Å². The largest absolute Gasteiger partial charge is 0.382 e. The van der Waals surface area contributed by atoms with Crippen molar-refractivity contribution in [2.24, 2.45) is 5.73 Å². The Morgan fingerprint density at radius 2 is 2.46 bits per heavy atom. The SMILES string of the molecule is CN1CCc2cc(C(=N)N)ncc21. The molecular weight excluding hydrogens is 164 g/mol. The van der Waals surface area contributed by atoms with Gasteiger partial charge in [0.15, 0.2) is 0 Å². The van der Waals surface area contributed by atoms with Crippen molar-refractivity contribution in [1.29, 1.82) is 5.41 Å². The summed E-state index contributed by atoms with van der Waals surface area (Å²) in [6.07, 6.45) is 2.81. The summed E-state index contributed by atoms with van der Waals surface area (Å²) in [6, 6.07) is 1.90. The summed E-state index contributed by atoms with van der Waals surface area (Å²) in [5.41, 5.74) is 8.32. The van der Waals surface area contributed by atoms with Gasteiger partial charge in [0.05, 0.1) is 11.9 Å². The second-order valence-corrected chi connectivity index (χ2v) is 3.28. The molecule has 0 spiro atoms. The number of nitrogens with one attached hydrogen (secondary N) is 1. The van der Waals surface area contributed by atoms with Crippen LogP contribution in [-0.2, 0) is 6.42 Å². The first-order valence-corrected chi connectivity index (χ1v) is 4.23. The normalized spacial score (nSPS) is 14.4. The number of amidine groups is 1. The maximum absolute atomic E-state index is 7.25. The second kappa shape index (κ2) is 2.73. The molecule has 0 aliphatic carbocycles. The molecule has 13 heavy (non-hydrogen) atoms. The van der Waals surface area contributed by atoms with Crippen LogP contribution in [0.4, 0.5) is 5.69 Å². The van der Waals surface area contributed by atoms with Crippen LogP contribution in [0.5, 0.6) is 0 Å². The first-order chi connectivity index (χ1) is 6.18. The van der Waals surface area contributed by atoms with Gasteiger partial charge in [0.25, 0.3) is 0 Å². The standard InChI is InChI=1S/C9H12N4/c1-13-3-2-6-4-7(9(10)11)12-5-8(6)13/h4-5H,2-3H2,1H3,(H3,10,11). The number of hydrogen-bond donors (Lipinski definition) is 2. The van der Waals surface area contributed by atoms with Gasteiger partial charge in [0, 0.05) is 13.6 Å². The van der Waals surface area contributed by atoms with Gasteiger partial charge in [-0.25, -0.2) is 0 Å². The Balaban J connectivity index is 2.45. The summed E-state index contributed by atoms with van der Waals surface area (Å²) in [6.45, 7) is 1.03. The number of likely N-dealkylation sites (N-methyl/N-ethyl adjacent to an activating group) is 1. The van der Waals surface area contributed by atoms with Crippen LogP contribution < -0.4 is 10.6 Å². The molecule has 0 saturated heterocycles. The van der Waals surface area contributed by atoms with E-state index >= 15 is 0 Å². The van der Waals surface area contributed by atoms with Crippen LogP contribution in [0.2, 0.25) is 0 Å². The molecule has 0 unspecified atom stereocenters. The molecule has 0 amide bonds. The van der Waals surface area contributed by atoms with Crippen molar-refractivity contribution in [2.75, 3.05) is 18.5 Å². The van der Waals surface area contributed by atoms with E-state index < -0.39 is 0 Å². The van der Waals surface area contributed by atoms with Crippen molar-refractivity contribution in [3.05, 3.63) is 23.5 Å². The van der Waals surface area contributed by atoms with E-state index in [2.05, 4.69) is 9.88 Å². The molecule has 4 heteroatoms. The number of anilines is 1. The zero-order chi connectivity index (χ0) is 9.42. The topological polar surface area (TPSA) is 66.0 Å². The molecule has 0 fully saturated rings. The van der Waals surface area contributed by atoms with Crippen LogP contribution in [0.3, 0.4) is 0 Å². The zero-order valence-electron chi connectivity index (χ0n) is 7.54. The fourth-order valence-corrected chi connectivity index (χ4v) is 1.59. The maximum atomic E-state index is 7.25. The van der Waals surface area contributed by atoms with Crippen molar-refractivity contribution < 1.29 is 0 Å². The Hall–Kier alpha value is -1.58. The number of nitrogen functional groups attached to an aromatic ring is 1. The van der Waals surface area contributed by atoms with Crippen LogP contribution in [0.25, 0.3) is 0 Å². The number of fused-ring (bicyclic) bond motifs is 1. The molecule has 3 N–H and O–H groups in total. The van der Waals surface area contributed by atoms with Gasteiger partial charge in [-0.15, -0.1) is 0 Å². The molecule has 1 aromatic heterocycles. The molecule has 0 bridgehead atoms. The molecular formula is C9H12N4. The summed E-state index contributed by atoms with van der Waals surface area (Å²) in [5, 5.41) is 7.25. The lowest BCUT2D eigenvalue weighted by molar-refractivity contribution is 0.955. The number of rotatable bonds is 1. The average molecular weight is 176 g/mol. The highest BCUT2D eigenvalue weighted by Crippen LogP contribution is 2.25. The molecule has 68 valence electrons. The summed E-state index contributed by atoms with van der Waals surface area (Å²) >= 11 is 0. The van der Waals surface area contributed by atoms with Crippen LogP contribution in [0, 0.1) is 5.41 Å². The van der Waals surface area contributed by atoms with Gasteiger partial charge in [-0.05, 0) is 18.1 Å². The zero-order valence-corrected chi connectivity index (χ0v) is 7.54. The lowest BCUT2D eigenvalue weighted by Crippen LogP contribution is -2.14. The van der Waals surface area contributed by atoms with E-state index in [9.17, 15) is 0 Å². The Bertz CT molecular complexity index is 359. The fourth-order valence-electron chi connectivity index (χ4n) is 1.59. The first kappa shape index (κ1) is 8.04. The summed E-state index contributed by atoms with van der Waals surface area (Å²) in [7, 11) is 2.04. The quantitative estimate of drug-likeness (QED) is 0.479. The minimum atomic E-state index is 0.0392. The van der Waals surface area contributed by atoms with Crippen molar-refractivity contribution in [2.45, 2.75) is 6.42 Å². The molecule has 0 saturated carbocycles. The molecule has 2 heterocycles.